The fraction of sp³-hybridized carbons (Fsp3) is 0.429. The second-order valence-electron chi connectivity index (χ2n) is 5.87. The van der Waals surface area contributed by atoms with Crippen LogP contribution in [0.5, 0.6) is 0 Å². The molecule has 2 aromatic carbocycles. The fourth-order valence-electron chi connectivity index (χ4n) is 3.60. The van der Waals surface area contributed by atoms with Gasteiger partial charge in [-0.3, -0.25) is 4.90 Å². The molecule has 1 nitrogen and oxygen atoms in total. The van der Waals surface area contributed by atoms with E-state index in [4.69, 9.17) is 0 Å². The summed E-state index contributed by atoms with van der Waals surface area (Å²) in [7, 11) is 0. The molecule has 0 fully saturated rings. The second kappa shape index (κ2) is 8.14. The first kappa shape index (κ1) is 16.8. The van der Waals surface area contributed by atoms with Crippen LogP contribution in [-0.2, 0) is 5.54 Å². The monoisotopic (exact) mass is 295 g/mol. The molecule has 2 aromatic rings. The van der Waals surface area contributed by atoms with Crippen molar-refractivity contribution in [3.8, 4) is 0 Å². The number of rotatable bonds is 8. The van der Waals surface area contributed by atoms with Gasteiger partial charge >= 0.3 is 0 Å². The summed E-state index contributed by atoms with van der Waals surface area (Å²) in [5.41, 5.74) is 2.82. The van der Waals surface area contributed by atoms with Crippen molar-refractivity contribution in [1.29, 1.82) is 0 Å². The van der Waals surface area contributed by atoms with E-state index in [0.29, 0.717) is 0 Å². The van der Waals surface area contributed by atoms with E-state index in [-0.39, 0.29) is 5.54 Å². The minimum Gasteiger partial charge on any atom is -0.290 e. The third kappa shape index (κ3) is 3.25. The Morgan fingerprint density at radius 3 is 1.55 bits per heavy atom. The molecule has 0 N–H and O–H groups in total. The average Bonchev–Trinajstić information content (AvgIpc) is 2.60. The van der Waals surface area contributed by atoms with Gasteiger partial charge in [-0.1, -0.05) is 94.3 Å². The number of nitrogens with zero attached hydrogens (tertiary/aromatic N) is 1. The summed E-state index contributed by atoms with van der Waals surface area (Å²) in [4.78, 5) is 2.62. The van der Waals surface area contributed by atoms with Crippen LogP contribution in [0.25, 0.3) is 0 Å². The molecule has 0 aliphatic rings. The molecule has 0 heterocycles. The zero-order valence-corrected chi connectivity index (χ0v) is 14.3. The van der Waals surface area contributed by atoms with Crippen LogP contribution in [-0.4, -0.2) is 18.0 Å². The lowest BCUT2D eigenvalue weighted by Gasteiger charge is -2.45. The molecule has 0 radical (unpaired) electrons. The summed E-state index contributed by atoms with van der Waals surface area (Å²) < 4.78 is 0. The molecule has 0 aromatic heterocycles. The fourth-order valence-corrected chi connectivity index (χ4v) is 3.60. The highest BCUT2D eigenvalue weighted by Gasteiger charge is 2.37. The second-order valence-corrected chi connectivity index (χ2v) is 5.87. The van der Waals surface area contributed by atoms with Gasteiger partial charge in [0, 0.05) is 0 Å². The Balaban J connectivity index is 2.63. The molecule has 2 rings (SSSR count). The molecule has 0 saturated heterocycles. The zero-order chi connectivity index (χ0) is 15.8. The third-order valence-electron chi connectivity index (χ3n) is 4.70. The topological polar surface area (TPSA) is 3.24 Å². The summed E-state index contributed by atoms with van der Waals surface area (Å²) in [5.74, 6) is 0. The van der Waals surface area contributed by atoms with Crippen LogP contribution in [0.2, 0.25) is 0 Å². The molecule has 0 bridgehead atoms. The van der Waals surface area contributed by atoms with Crippen molar-refractivity contribution in [3.05, 3.63) is 71.8 Å². The van der Waals surface area contributed by atoms with Crippen LogP contribution in [0.4, 0.5) is 0 Å². The van der Waals surface area contributed by atoms with E-state index in [2.05, 4.69) is 86.3 Å². The van der Waals surface area contributed by atoms with Crippen LogP contribution in [0.15, 0.2) is 60.7 Å². The maximum Gasteiger partial charge on any atom is 0.0715 e. The van der Waals surface area contributed by atoms with Crippen LogP contribution in [0.1, 0.15) is 51.2 Å². The molecule has 118 valence electrons. The molecule has 0 unspecified atom stereocenters. The molecular formula is C21H29N. The van der Waals surface area contributed by atoms with Gasteiger partial charge in [-0.15, -0.1) is 0 Å². The Hall–Kier alpha value is -1.60. The largest absolute Gasteiger partial charge is 0.290 e. The standard InChI is InChI=1S/C21H29N/c1-4-7-18-21(22(5-2)6-3,19-14-10-8-11-15-19)20-16-12-9-13-17-20/h8-17H,4-7,18H2,1-3H3. The molecule has 0 aliphatic heterocycles. The average molecular weight is 295 g/mol. The zero-order valence-electron chi connectivity index (χ0n) is 14.3. The van der Waals surface area contributed by atoms with E-state index in [9.17, 15) is 0 Å². The molecule has 1 heteroatoms. The van der Waals surface area contributed by atoms with Crippen LogP contribution >= 0.6 is 0 Å². The summed E-state index contributed by atoms with van der Waals surface area (Å²) in [6.07, 6.45) is 3.63. The molecule has 0 saturated carbocycles. The highest BCUT2D eigenvalue weighted by molar-refractivity contribution is 5.38. The highest BCUT2D eigenvalue weighted by atomic mass is 15.2. The molecule has 0 amide bonds. The van der Waals surface area contributed by atoms with Crippen molar-refractivity contribution in [2.24, 2.45) is 0 Å². The van der Waals surface area contributed by atoms with E-state index < -0.39 is 0 Å². The first-order valence-corrected chi connectivity index (χ1v) is 8.65. The molecule has 0 atom stereocenters. The van der Waals surface area contributed by atoms with Gasteiger partial charge in [0.1, 0.15) is 0 Å². The van der Waals surface area contributed by atoms with Gasteiger partial charge in [0.25, 0.3) is 0 Å². The van der Waals surface area contributed by atoms with Gasteiger partial charge in [-0.2, -0.15) is 0 Å². The van der Waals surface area contributed by atoms with Crippen molar-refractivity contribution in [3.63, 3.8) is 0 Å². The summed E-state index contributed by atoms with van der Waals surface area (Å²) in [6.45, 7) is 8.95. The SMILES string of the molecule is CCCCC(c1ccccc1)(c1ccccc1)N(CC)CC. The highest BCUT2D eigenvalue weighted by Crippen LogP contribution is 2.40. The van der Waals surface area contributed by atoms with E-state index in [1.807, 2.05) is 0 Å². The predicted molar refractivity (Wildman–Crippen MR) is 96.1 cm³/mol. The number of benzene rings is 2. The van der Waals surface area contributed by atoms with Crippen molar-refractivity contribution >= 4 is 0 Å². The van der Waals surface area contributed by atoms with E-state index >= 15 is 0 Å². The summed E-state index contributed by atoms with van der Waals surface area (Å²) in [5, 5.41) is 0. The number of unbranched alkanes of at least 4 members (excludes halogenated alkanes) is 1. The predicted octanol–water partition coefficient (Wildman–Crippen LogP) is 5.46. The number of hydrogen-bond donors (Lipinski definition) is 0. The maximum absolute atomic E-state index is 2.62. The minimum absolute atomic E-state index is 0.0119. The Morgan fingerprint density at radius 2 is 1.18 bits per heavy atom. The van der Waals surface area contributed by atoms with E-state index in [0.717, 1.165) is 13.1 Å². The Labute approximate surface area is 136 Å². The van der Waals surface area contributed by atoms with Gasteiger partial charge in [0.15, 0.2) is 0 Å². The van der Waals surface area contributed by atoms with Crippen molar-refractivity contribution in [2.75, 3.05) is 13.1 Å². The normalized spacial score (nSPS) is 11.8. The van der Waals surface area contributed by atoms with Crippen LogP contribution in [0, 0.1) is 0 Å². The minimum atomic E-state index is -0.0119. The van der Waals surface area contributed by atoms with E-state index in [1.54, 1.807) is 0 Å². The van der Waals surface area contributed by atoms with Crippen molar-refractivity contribution < 1.29 is 0 Å². The molecule has 22 heavy (non-hydrogen) atoms. The van der Waals surface area contributed by atoms with Gasteiger partial charge < -0.3 is 0 Å². The van der Waals surface area contributed by atoms with E-state index in [1.165, 1.54) is 30.4 Å². The maximum atomic E-state index is 2.62. The van der Waals surface area contributed by atoms with Gasteiger partial charge in [-0.05, 0) is 30.6 Å². The number of hydrogen-bond acceptors (Lipinski definition) is 1. The molecular weight excluding hydrogens is 266 g/mol. The quantitative estimate of drug-likeness (QED) is 0.625. The lowest BCUT2D eigenvalue weighted by Crippen LogP contribution is -2.47. The van der Waals surface area contributed by atoms with Crippen molar-refractivity contribution in [1.82, 2.24) is 4.90 Å². The summed E-state index contributed by atoms with van der Waals surface area (Å²) in [6, 6.07) is 22.1. The lowest BCUT2D eigenvalue weighted by molar-refractivity contribution is 0.124. The smallest absolute Gasteiger partial charge is 0.0715 e. The van der Waals surface area contributed by atoms with Gasteiger partial charge in [0.2, 0.25) is 0 Å². The summed E-state index contributed by atoms with van der Waals surface area (Å²) >= 11 is 0. The van der Waals surface area contributed by atoms with Gasteiger partial charge in [-0.25, -0.2) is 0 Å². The Kier molecular flexibility index (Phi) is 6.21. The van der Waals surface area contributed by atoms with Gasteiger partial charge in [0.05, 0.1) is 5.54 Å². The first-order valence-electron chi connectivity index (χ1n) is 8.65. The Bertz CT molecular complexity index is 489. The molecule has 0 spiro atoms. The van der Waals surface area contributed by atoms with Crippen LogP contribution in [0.3, 0.4) is 0 Å². The van der Waals surface area contributed by atoms with Crippen LogP contribution < -0.4 is 0 Å². The lowest BCUT2D eigenvalue weighted by atomic mass is 9.77. The van der Waals surface area contributed by atoms with Crippen molar-refractivity contribution in [2.45, 2.75) is 45.6 Å². The third-order valence-corrected chi connectivity index (χ3v) is 4.70. The Morgan fingerprint density at radius 1 is 0.727 bits per heavy atom. The first-order chi connectivity index (χ1) is 10.8. The molecule has 0 aliphatic carbocycles.